The molecule has 1 aromatic rings. The molecule has 8 heteroatoms. The number of hydrogen-bond donors (Lipinski definition) is 2. The molecular formula is C30H49F2N3O3. The van der Waals surface area contributed by atoms with Gasteiger partial charge in [-0.15, -0.1) is 0 Å². The van der Waals surface area contributed by atoms with E-state index in [0.29, 0.717) is 6.42 Å². The van der Waals surface area contributed by atoms with Crippen LogP contribution in [0.1, 0.15) is 91.2 Å². The summed E-state index contributed by atoms with van der Waals surface area (Å²) in [6.07, 6.45) is 2.87. The second kappa shape index (κ2) is 17.7. The van der Waals surface area contributed by atoms with Crippen LogP contribution in [0, 0.1) is 19.8 Å². The van der Waals surface area contributed by atoms with Crippen LogP contribution < -0.4 is 10.6 Å². The Hall–Kier alpha value is -2.77. The van der Waals surface area contributed by atoms with Crippen LogP contribution in [0.25, 0.3) is 0 Å². The summed E-state index contributed by atoms with van der Waals surface area (Å²) in [5.74, 6) is -5.22. The zero-order chi connectivity index (χ0) is 29.5. The fraction of sp³-hybridized carbons (Fsp3) is 0.633. The van der Waals surface area contributed by atoms with Gasteiger partial charge in [0, 0.05) is 36.7 Å². The number of halogens is 2. The van der Waals surface area contributed by atoms with Crippen molar-refractivity contribution in [2.45, 2.75) is 99.8 Å². The van der Waals surface area contributed by atoms with Gasteiger partial charge in [0.05, 0.1) is 6.54 Å². The monoisotopic (exact) mass is 537 g/mol. The molecule has 216 valence electrons. The molecule has 1 aliphatic rings. The summed E-state index contributed by atoms with van der Waals surface area (Å²) in [5.41, 5.74) is 8.19. The molecule has 0 aliphatic heterocycles. The molecule has 0 amide bonds. The molecular weight excluding hydrogens is 488 g/mol. The van der Waals surface area contributed by atoms with Gasteiger partial charge in [-0.25, -0.2) is 4.79 Å². The number of aliphatic carboxylic acids is 1. The van der Waals surface area contributed by atoms with E-state index in [4.69, 9.17) is 10.8 Å². The number of nitrogens with zero attached hydrogens (tertiary/aromatic N) is 2. The van der Waals surface area contributed by atoms with Gasteiger partial charge in [-0.3, -0.25) is 9.79 Å². The summed E-state index contributed by atoms with van der Waals surface area (Å²) in [7, 11) is 0. The van der Waals surface area contributed by atoms with Crippen LogP contribution in [-0.4, -0.2) is 48.1 Å². The molecule has 1 saturated carbocycles. The first-order valence-corrected chi connectivity index (χ1v) is 13.9. The number of carbonyl (C=O) groups excluding carboxylic acids is 1. The SMILES string of the molecule is CC.CCC(C)C(=O)CN=C1/C(=C(\N)C(=O)O)CCCC1(F)F.CCCN(CCC)c1cccc(C)c1C. The third-order valence-electron chi connectivity index (χ3n) is 6.56. The number of alkyl halides is 2. The van der Waals surface area contributed by atoms with E-state index in [9.17, 15) is 18.4 Å². The van der Waals surface area contributed by atoms with E-state index < -0.39 is 29.7 Å². The zero-order valence-electron chi connectivity index (χ0n) is 24.7. The number of aryl methyl sites for hydroxylation is 1. The van der Waals surface area contributed by atoms with Crippen LogP contribution in [0.5, 0.6) is 0 Å². The van der Waals surface area contributed by atoms with Crippen molar-refractivity contribution in [2.75, 3.05) is 24.5 Å². The number of nitrogens with two attached hydrogens (primary N) is 1. The lowest BCUT2D eigenvalue weighted by Crippen LogP contribution is -2.37. The van der Waals surface area contributed by atoms with Gasteiger partial charge in [0.2, 0.25) is 0 Å². The smallest absolute Gasteiger partial charge is 0.352 e. The van der Waals surface area contributed by atoms with Crippen LogP contribution in [0.2, 0.25) is 0 Å². The van der Waals surface area contributed by atoms with Crippen molar-refractivity contribution in [1.29, 1.82) is 0 Å². The number of hydrogen-bond acceptors (Lipinski definition) is 5. The third-order valence-corrected chi connectivity index (χ3v) is 6.56. The molecule has 0 radical (unpaired) electrons. The van der Waals surface area contributed by atoms with Gasteiger partial charge < -0.3 is 15.7 Å². The molecule has 1 aliphatic carbocycles. The van der Waals surface area contributed by atoms with Crippen molar-refractivity contribution in [1.82, 2.24) is 0 Å². The van der Waals surface area contributed by atoms with Gasteiger partial charge >= 0.3 is 5.97 Å². The minimum atomic E-state index is -3.25. The van der Waals surface area contributed by atoms with Gasteiger partial charge in [-0.05, 0) is 63.1 Å². The highest BCUT2D eigenvalue weighted by atomic mass is 19.3. The first kappa shape index (κ1) is 35.2. The fourth-order valence-electron chi connectivity index (χ4n) is 4.06. The Morgan fingerprint density at radius 1 is 1.13 bits per heavy atom. The van der Waals surface area contributed by atoms with Crippen molar-refractivity contribution in [3.05, 3.63) is 40.6 Å². The number of allylic oxidation sites excluding steroid dienone is 1. The summed E-state index contributed by atoms with van der Waals surface area (Å²) in [5, 5.41) is 8.88. The Kier molecular flexibility index (Phi) is 16.4. The minimum absolute atomic E-state index is 0.129. The Labute approximate surface area is 228 Å². The lowest BCUT2D eigenvalue weighted by Gasteiger charge is -2.27. The highest BCUT2D eigenvalue weighted by molar-refractivity contribution is 6.10. The Morgan fingerprint density at radius 3 is 2.21 bits per heavy atom. The lowest BCUT2D eigenvalue weighted by molar-refractivity contribution is -0.132. The number of benzene rings is 1. The van der Waals surface area contributed by atoms with E-state index in [2.05, 4.69) is 55.8 Å². The number of carboxylic acids is 1. The van der Waals surface area contributed by atoms with Crippen LogP contribution in [0.3, 0.4) is 0 Å². The molecule has 1 fully saturated rings. The Bertz CT molecular complexity index is 952. The normalized spacial score (nSPS) is 17.4. The van der Waals surface area contributed by atoms with Gasteiger partial charge in [0.1, 0.15) is 11.4 Å². The number of aliphatic imine (C=N–C) groups is 1. The number of carboxylic acid groups (broad SMARTS) is 1. The van der Waals surface area contributed by atoms with Crippen LogP contribution in [0.4, 0.5) is 14.5 Å². The van der Waals surface area contributed by atoms with Crippen LogP contribution in [-0.2, 0) is 9.59 Å². The summed E-state index contributed by atoms with van der Waals surface area (Å²) < 4.78 is 27.9. The summed E-state index contributed by atoms with van der Waals surface area (Å²) in [4.78, 5) is 28.8. The first-order chi connectivity index (χ1) is 17.9. The second-order valence-electron chi connectivity index (χ2n) is 9.40. The van der Waals surface area contributed by atoms with E-state index in [-0.39, 0.29) is 36.7 Å². The number of rotatable bonds is 10. The molecule has 1 atom stereocenters. The van der Waals surface area contributed by atoms with Crippen molar-refractivity contribution >= 4 is 23.2 Å². The summed E-state index contributed by atoms with van der Waals surface area (Å²) >= 11 is 0. The van der Waals surface area contributed by atoms with Crippen molar-refractivity contribution < 1.29 is 23.5 Å². The van der Waals surface area contributed by atoms with Gasteiger partial charge in [-0.1, -0.05) is 53.7 Å². The predicted molar refractivity (Wildman–Crippen MR) is 154 cm³/mol. The number of Topliss-reactive ketones (excluding diaryl/α,β-unsaturated/α-hetero) is 1. The molecule has 0 saturated heterocycles. The molecule has 0 bridgehead atoms. The molecule has 2 rings (SSSR count). The maximum atomic E-state index is 14.0. The quantitative estimate of drug-likeness (QED) is 0.310. The van der Waals surface area contributed by atoms with Gasteiger partial charge in [0.25, 0.3) is 5.92 Å². The third kappa shape index (κ3) is 10.5. The van der Waals surface area contributed by atoms with E-state index in [1.54, 1.807) is 6.92 Å². The highest BCUT2D eigenvalue weighted by Gasteiger charge is 2.42. The maximum absolute atomic E-state index is 14.0. The Morgan fingerprint density at radius 2 is 1.71 bits per heavy atom. The van der Waals surface area contributed by atoms with Crippen molar-refractivity contribution in [3.63, 3.8) is 0 Å². The largest absolute Gasteiger partial charge is 0.477 e. The topological polar surface area (TPSA) is 96.0 Å². The van der Waals surface area contributed by atoms with E-state index in [1.165, 1.54) is 29.7 Å². The average molecular weight is 538 g/mol. The van der Waals surface area contributed by atoms with E-state index >= 15 is 0 Å². The molecule has 0 spiro atoms. The van der Waals surface area contributed by atoms with Gasteiger partial charge in [0.15, 0.2) is 5.78 Å². The van der Waals surface area contributed by atoms with Gasteiger partial charge in [-0.2, -0.15) is 8.78 Å². The van der Waals surface area contributed by atoms with Crippen LogP contribution in [0.15, 0.2) is 34.5 Å². The zero-order valence-corrected chi connectivity index (χ0v) is 24.7. The number of ketones is 1. The minimum Gasteiger partial charge on any atom is -0.477 e. The standard InChI is InChI=1S/C14H20F2N2O3.C14H23N.C2H6/c1-3-8(2)10(19)7-18-12-9(11(17)13(20)21)5-4-6-14(12,15)16;1-5-10-15(11-6-2)14-9-7-8-12(3)13(14)4;1-2/h8H,3-7,17H2,1-2H3,(H,20,21);7-9H,5-6,10-11H2,1-4H3;1-2H3/b11-9-,18-12?;;. The van der Waals surface area contributed by atoms with Crippen molar-refractivity contribution in [3.8, 4) is 0 Å². The molecule has 6 nitrogen and oxygen atoms in total. The molecule has 1 unspecified atom stereocenters. The highest BCUT2D eigenvalue weighted by Crippen LogP contribution is 2.35. The van der Waals surface area contributed by atoms with E-state index in [1.807, 2.05) is 20.8 Å². The Balaban J connectivity index is 0.000000709. The lowest BCUT2D eigenvalue weighted by atomic mass is 9.88. The molecule has 1 aromatic carbocycles. The number of anilines is 1. The molecule has 0 aromatic heterocycles. The van der Waals surface area contributed by atoms with E-state index in [0.717, 1.165) is 13.1 Å². The summed E-state index contributed by atoms with van der Waals surface area (Å²) in [6.45, 7) is 18.4. The molecule has 0 heterocycles. The van der Waals surface area contributed by atoms with Crippen molar-refractivity contribution in [2.24, 2.45) is 16.6 Å². The first-order valence-electron chi connectivity index (χ1n) is 13.9. The summed E-state index contributed by atoms with van der Waals surface area (Å²) in [6, 6.07) is 6.60. The second-order valence-corrected chi connectivity index (χ2v) is 9.40. The molecule has 3 N–H and O–H groups in total. The predicted octanol–water partition coefficient (Wildman–Crippen LogP) is 7.12. The molecule has 38 heavy (non-hydrogen) atoms. The number of carbonyl (C=O) groups is 2. The maximum Gasteiger partial charge on any atom is 0.352 e. The average Bonchev–Trinajstić information content (AvgIpc) is 2.89. The van der Waals surface area contributed by atoms with Crippen LogP contribution >= 0.6 is 0 Å². The fourth-order valence-corrected chi connectivity index (χ4v) is 4.06.